The molecule has 0 spiro atoms. The first-order chi connectivity index (χ1) is 25.2. The van der Waals surface area contributed by atoms with Gasteiger partial charge in [-0.1, -0.05) is 89.4 Å². The second-order valence-electron chi connectivity index (χ2n) is 12.7. The molecule has 3 atom stereocenters. The molecule has 0 bridgehead atoms. The molecule has 2 heterocycles. The number of hydrogen-bond acceptors (Lipinski definition) is 7. The maximum atomic E-state index is 13.5. The number of benzene rings is 5. The van der Waals surface area contributed by atoms with Gasteiger partial charge in [-0.15, -0.1) is 0 Å². The molecule has 2 N–H and O–H groups in total. The summed E-state index contributed by atoms with van der Waals surface area (Å²) < 4.78 is 23.5. The van der Waals surface area contributed by atoms with E-state index in [-0.39, 0.29) is 18.4 Å². The Balaban J connectivity index is 0.951. The molecule has 0 saturated heterocycles. The summed E-state index contributed by atoms with van der Waals surface area (Å²) >= 11 is 18.2. The highest BCUT2D eigenvalue weighted by Gasteiger charge is 2.31. The summed E-state index contributed by atoms with van der Waals surface area (Å²) in [5.74, 6) is 1.20. The minimum atomic E-state index is -0.845. The second kappa shape index (κ2) is 15.9. The number of esters is 1. The first-order valence-corrected chi connectivity index (χ1v) is 17.9. The van der Waals surface area contributed by atoms with Crippen LogP contribution in [0.4, 0.5) is 0 Å². The van der Waals surface area contributed by atoms with Gasteiger partial charge in [-0.25, -0.2) is 4.79 Å². The Kier molecular flexibility index (Phi) is 10.9. The van der Waals surface area contributed by atoms with Crippen LogP contribution in [-0.4, -0.2) is 37.7 Å². The summed E-state index contributed by atoms with van der Waals surface area (Å²) in [5, 5.41) is 7.90. The molecule has 0 aliphatic carbocycles. The van der Waals surface area contributed by atoms with Gasteiger partial charge >= 0.3 is 5.97 Å². The van der Waals surface area contributed by atoms with Crippen LogP contribution in [-0.2, 0) is 40.3 Å². The zero-order valence-electron chi connectivity index (χ0n) is 28.2. The van der Waals surface area contributed by atoms with Crippen molar-refractivity contribution in [3.63, 3.8) is 0 Å². The predicted molar refractivity (Wildman–Crippen MR) is 201 cm³/mol. The van der Waals surface area contributed by atoms with Crippen molar-refractivity contribution in [3.05, 3.63) is 146 Å². The Morgan fingerprint density at radius 3 is 2.23 bits per heavy atom. The van der Waals surface area contributed by atoms with Gasteiger partial charge in [0.1, 0.15) is 25.0 Å². The van der Waals surface area contributed by atoms with Gasteiger partial charge in [-0.05, 0) is 93.9 Å². The first kappa shape index (κ1) is 35.7. The van der Waals surface area contributed by atoms with Gasteiger partial charge in [-0.3, -0.25) is 4.79 Å². The minimum Gasteiger partial charge on any atom is -0.489 e. The van der Waals surface area contributed by atoms with Crippen molar-refractivity contribution in [1.82, 2.24) is 10.6 Å². The normalized spacial score (nSPS) is 16.7. The molecular formula is C41H35Cl3N2O6. The summed E-state index contributed by atoms with van der Waals surface area (Å²) in [6.07, 6.45) is 0.416. The number of carbonyl (C=O) groups excluding carboxylic acids is 2. The molecule has 11 heteroatoms. The Bertz CT molecular complexity index is 2070. The maximum absolute atomic E-state index is 13.5. The number of halogens is 3. The van der Waals surface area contributed by atoms with Crippen LogP contribution in [0.2, 0.25) is 15.1 Å². The monoisotopic (exact) mass is 756 g/mol. The molecule has 266 valence electrons. The molecule has 2 aliphatic rings. The fraction of sp³-hybridized carbons (Fsp3) is 0.220. The predicted octanol–water partition coefficient (Wildman–Crippen LogP) is 8.32. The highest BCUT2D eigenvalue weighted by atomic mass is 35.5. The second-order valence-corrected chi connectivity index (χ2v) is 14.0. The van der Waals surface area contributed by atoms with Crippen molar-refractivity contribution < 1.29 is 28.5 Å². The summed E-state index contributed by atoms with van der Waals surface area (Å²) in [5.41, 5.74) is 6.82. The van der Waals surface area contributed by atoms with Crippen LogP contribution in [0, 0.1) is 0 Å². The van der Waals surface area contributed by atoms with Gasteiger partial charge in [0.15, 0.2) is 17.6 Å². The van der Waals surface area contributed by atoms with E-state index in [1.54, 1.807) is 12.1 Å². The fourth-order valence-electron chi connectivity index (χ4n) is 6.33. The van der Waals surface area contributed by atoms with Gasteiger partial charge in [0.05, 0.1) is 23.2 Å². The van der Waals surface area contributed by atoms with Crippen molar-refractivity contribution in [2.75, 3.05) is 13.7 Å². The number of ether oxygens (including phenoxy) is 4. The third-order valence-corrected chi connectivity index (χ3v) is 10.2. The van der Waals surface area contributed by atoms with Gasteiger partial charge < -0.3 is 29.6 Å². The Morgan fingerprint density at radius 1 is 0.827 bits per heavy atom. The van der Waals surface area contributed by atoms with E-state index < -0.39 is 18.1 Å². The number of nitrogens with one attached hydrogen (secondary N) is 2. The molecule has 0 radical (unpaired) electrons. The van der Waals surface area contributed by atoms with Gasteiger partial charge in [-0.2, -0.15) is 0 Å². The zero-order chi connectivity index (χ0) is 36.2. The average molecular weight is 758 g/mol. The molecule has 2 aliphatic heterocycles. The zero-order valence-corrected chi connectivity index (χ0v) is 30.4. The summed E-state index contributed by atoms with van der Waals surface area (Å²) in [6, 6.07) is 31.1. The molecule has 7 rings (SSSR count). The summed E-state index contributed by atoms with van der Waals surface area (Å²) in [4.78, 5) is 26.2. The van der Waals surface area contributed by atoms with Crippen molar-refractivity contribution >= 4 is 46.7 Å². The maximum Gasteiger partial charge on any atom is 0.328 e. The van der Waals surface area contributed by atoms with E-state index in [1.165, 1.54) is 7.11 Å². The number of fused-ring (bicyclic) bond motifs is 2. The molecule has 1 amide bonds. The number of carbonyl (C=O) groups is 2. The number of rotatable bonds is 10. The smallest absolute Gasteiger partial charge is 0.328 e. The summed E-state index contributed by atoms with van der Waals surface area (Å²) in [7, 11) is 1.32. The molecule has 3 unspecified atom stereocenters. The molecule has 52 heavy (non-hydrogen) atoms. The molecular weight excluding hydrogens is 723 g/mol. The van der Waals surface area contributed by atoms with E-state index in [0.717, 1.165) is 38.9 Å². The van der Waals surface area contributed by atoms with Crippen molar-refractivity contribution in [2.24, 2.45) is 0 Å². The third-order valence-electron chi connectivity index (χ3n) is 9.22. The lowest BCUT2D eigenvalue weighted by Gasteiger charge is -2.31. The lowest BCUT2D eigenvalue weighted by molar-refractivity contribution is -0.145. The van der Waals surface area contributed by atoms with Gasteiger partial charge in [0, 0.05) is 18.0 Å². The highest BCUT2D eigenvalue weighted by molar-refractivity contribution is 6.42. The SMILES string of the molecule is COC(=O)C(Cc1ccc(-c2ccc(Cl)cc2)cc1)NC(=O)C1Cc2cc3c(cc2CN1)OC(c1ccc(OCc2ccc(Cl)c(Cl)c2)cc1)CO3. The third kappa shape index (κ3) is 8.32. The lowest BCUT2D eigenvalue weighted by atomic mass is 9.94. The molecule has 5 aromatic rings. The van der Waals surface area contributed by atoms with E-state index in [4.69, 9.17) is 53.8 Å². The van der Waals surface area contributed by atoms with E-state index in [0.29, 0.717) is 58.5 Å². The van der Waals surface area contributed by atoms with Crippen molar-refractivity contribution in [1.29, 1.82) is 0 Å². The fourth-order valence-corrected chi connectivity index (χ4v) is 6.77. The van der Waals surface area contributed by atoms with E-state index >= 15 is 0 Å². The lowest BCUT2D eigenvalue weighted by Crippen LogP contribution is -2.53. The topological polar surface area (TPSA) is 95.1 Å². The van der Waals surface area contributed by atoms with Gasteiger partial charge in [0.25, 0.3) is 0 Å². The van der Waals surface area contributed by atoms with E-state index in [2.05, 4.69) is 10.6 Å². The highest BCUT2D eigenvalue weighted by Crippen LogP contribution is 2.40. The minimum absolute atomic E-state index is 0.279. The molecule has 8 nitrogen and oxygen atoms in total. The van der Waals surface area contributed by atoms with Crippen LogP contribution in [0.25, 0.3) is 11.1 Å². The number of methoxy groups -OCH3 is 1. The van der Waals surface area contributed by atoms with Crippen molar-refractivity contribution in [3.8, 4) is 28.4 Å². The van der Waals surface area contributed by atoms with Crippen LogP contribution in [0.15, 0.2) is 103 Å². The van der Waals surface area contributed by atoms with Crippen LogP contribution < -0.4 is 24.8 Å². The Labute approximate surface area is 316 Å². The Morgan fingerprint density at radius 2 is 1.52 bits per heavy atom. The number of amides is 1. The quantitative estimate of drug-likeness (QED) is 0.139. The Hall–Kier alpha value is -4.73. The standard InChI is InChI=1S/C41H35Cl3N2O6/c1-49-41(48)36(17-24-2-5-26(6-3-24)27-7-11-31(42)12-8-27)46-40(47)35-18-29-19-37-38(20-30(29)21-45-35)52-39(23-51-37)28-9-13-32(14-10-28)50-22-25-4-15-33(43)34(44)16-25/h2-16,19-20,35-36,39,45H,17-18,21-23H2,1H3,(H,46,47). The average Bonchev–Trinajstić information content (AvgIpc) is 3.17. The molecule has 5 aromatic carbocycles. The molecule has 0 fully saturated rings. The van der Waals surface area contributed by atoms with Crippen LogP contribution >= 0.6 is 34.8 Å². The van der Waals surface area contributed by atoms with Gasteiger partial charge in [0.2, 0.25) is 5.91 Å². The first-order valence-electron chi connectivity index (χ1n) is 16.8. The molecule has 0 saturated carbocycles. The van der Waals surface area contributed by atoms with E-state index in [9.17, 15) is 9.59 Å². The number of hydrogen-bond donors (Lipinski definition) is 2. The largest absolute Gasteiger partial charge is 0.489 e. The van der Waals surface area contributed by atoms with Crippen molar-refractivity contribution in [2.45, 2.75) is 44.2 Å². The van der Waals surface area contributed by atoms with Crippen LogP contribution in [0.1, 0.15) is 33.9 Å². The van der Waals surface area contributed by atoms with E-state index in [1.807, 2.05) is 91.0 Å². The van der Waals surface area contributed by atoms with Crippen LogP contribution in [0.5, 0.6) is 17.2 Å². The summed E-state index contributed by atoms with van der Waals surface area (Å²) in [6.45, 7) is 1.15. The molecule has 0 aromatic heterocycles. The van der Waals surface area contributed by atoms with Crippen LogP contribution in [0.3, 0.4) is 0 Å².